The Kier molecular flexibility index (Phi) is 2.07. The van der Waals surface area contributed by atoms with E-state index in [1.807, 2.05) is 20.2 Å². The van der Waals surface area contributed by atoms with Crippen molar-refractivity contribution in [2.45, 2.75) is 6.92 Å². The molecule has 0 aliphatic rings. The van der Waals surface area contributed by atoms with E-state index in [1.165, 1.54) is 0 Å². The van der Waals surface area contributed by atoms with Gasteiger partial charge >= 0.3 is 5.97 Å². The average molecular weight is 205 g/mol. The molecule has 0 bridgehead atoms. The number of carboxylic acid groups (broad SMARTS) is 1. The fourth-order valence-electron chi connectivity index (χ4n) is 1.54. The molecule has 0 saturated carbocycles. The average Bonchev–Trinajstić information content (AvgIpc) is 2.71. The maximum absolute atomic E-state index is 10.7. The van der Waals surface area contributed by atoms with Crippen molar-refractivity contribution in [3.8, 4) is 11.3 Å². The molecule has 78 valence electrons. The number of aromatic carboxylic acids is 1. The standard InChI is InChI=1S/C10H11N3O2/c1-6-7(5-13(2)12-6)8-3-4-9(11-8)10(14)15/h3-5,11H,1-2H3,(H,14,15). The number of hydrogen-bond donors (Lipinski definition) is 2. The van der Waals surface area contributed by atoms with Gasteiger partial charge in [-0.2, -0.15) is 5.10 Å². The van der Waals surface area contributed by atoms with Gasteiger partial charge in [0.1, 0.15) is 5.69 Å². The number of carbonyl (C=O) groups is 1. The summed E-state index contributed by atoms with van der Waals surface area (Å²) < 4.78 is 1.70. The normalized spacial score (nSPS) is 10.5. The number of nitrogens with one attached hydrogen (secondary N) is 1. The fourth-order valence-corrected chi connectivity index (χ4v) is 1.54. The number of aryl methyl sites for hydroxylation is 2. The van der Waals surface area contributed by atoms with Crippen molar-refractivity contribution in [3.05, 3.63) is 29.7 Å². The van der Waals surface area contributed by atoms with Crippen molar-refractivity contribution in [2.24, 2.45) is 7.05 Å². The van der Waals surface area contributed by atoms with Crippen LogP contribution in [0, 0.1) is 6.92 Å². The molecule has 2 aromatic heterocycles. The van der Waals surface area contributed by atoms with Crippen LogP contribution in [0.2, 0.25) is 0 Å². The summed E-state index contributed by atoms with van der Waals surface area (Å²) in [4.78, 5) is 13.5. The van der Waals surface area contributed by atoms with Gasteiger partial charge in [-0.1, -0.05) is 0 Å². The molecule has 0 spiro atoms. The Morgan fingerprint density at radius 1 is 1.53 bits per heavy atom. The minimum absolute atomic E-state index is 0.188. The minimum atomic E-state index is -0.956. The Morgan fingerprint density at radius 3 is 2.73 bits per heavy atom. The van der Waals surface area contributed by atoms with Crippen molar-refractivity contribution < 1.29 is 9.90 Å². The second-order valence-electron chi connectivity index (χ2n) is 3.39. The first kappa shape index (κ1) is 9.51. The van der Waals surface area contributed by atoms with Gasteiger partial charge in [0.05, 0.1) is 5.69 Å². The van der Waals surface area contributed by atoms with Crippen LogP contribution >= 0.6 is 0 Å². The number of hydrogen-bond acceptors (Lipinski definition) is 2. The van der Waals surface area contributed by atoms with Gasteiger partial charge in [0.25, 0.3) is 0 Å². The topological polar surface area (TPSA) is 70.9 Å². The van der Waals surface area contributed by atoms with Gasteiger partial charge in [-0.25, -0.2) is 4.79 Å². The highest BCUT2D eigenvalue weighted by atomic mass is 16.4. The zero-order valence-electron chi connectivity index (χ0n) is 8.48. The highest BCUT2D eigenvalue weighted by molar-refractivity contribution is 5.86. The number of aromatic nitrogens is 3. The lowest BCUT2D eigenvalue weighted by Gasteiger charge is -1.93. The molecule has 0 atom stereocenters. The van der Waals surface area contributed by atoms with E-state index >= 15 is 0 Å². The van der Waals surface area contributed by atoms with E-state index in [-0.39, 0.29) is 5.69 Å². The Balaban J connectivity index is 2.45. The molecule has 0 radical (unpaired) electrons. The van der Waals surface area contributed by atoms with Crippen LogP contribution in [0.3, 0.4) is 0 Å². The molecule has 15 heavy (non-hydrogen) atoms. The van der Waals surface area contributed by atoms with E-state index in [9.17, 15) is 4.79 Å². The van der Waals surface area contributed by atoms with Gasteiger partial charge in [0.15, 0.2) is 0 Å². The molecule has 2 N–H and O–H groups in total. The van der Waals surface area contributed by atoms with Crippen molar-refractivity contribution in [1.29, 1.82) is 0 Å². The molecule has 5 heteroatoms. The molecule has 0 amide bonds. The Morgan fingerprint density at radius 2 is 2.27 bits per heavy atom. The molecule has 0 aliphatic heterocycles. The minimum Gasteiger partial charge on any atom is -0.477 e. The van der Waals surface area contributed by atoms with E-state index in [4.69, 9.17) is 5.11 Å². The summed E-state index contributed by atoms with van der Waals surface area (Å²) in [7, 11) is 1.83. The third-order valence-electron chi connectivity index (χ3n) is 2.22. The van der Waals surface area contributed by atoms with Gasteiger partial charge < -0.3 is 10.1 Å². The first-order valence-corrected chi connectivity index (χ1v) is 4.51. The predicted molar refractivity (Wildman–Crippen MR) is 54.7 cm³/mol. The predicted octanol–water partition coefficient (Wildman–Crippen LogP) is 1.42. The van der Waals surface area contributed by atoms with Crippen LogP contribution in [0.4, 0.5) is 0 Å². The zero-order chi connectivity index (χ0) is 11.0. The second kappa shape index (κ2) is 3.27. The summed E-state index contributed by atoms with van der Waals surface area (Å²) in [5, 5.41) is 13.0. The smallest absolute Gasteiger partial charge is 0.352 e. The second-order valence-corrected chi connectivity index (χ2v) is 3.39. The van der Waals surface area contributed by atoms with Crippen LogP contribution in [-0.2, 0) is 7.05 Å². The molecule has 2 rings (SSSR count). The Bertz CT molecular complexity index is 510. The first-order chi connectivity index (χ1) is 7.08. The van der Waals surface area contributed by atoms with Gasteiger partial charge in [-0.3, -0.25) is 4.68 Å². The number of H-pyrrole nitrogens is 1. The van der Waals surface area contributed by atoms with Crippen LogP contribution in [0.5, 0.6) is 0 Å². The highest BCUT2D eigenvalue weighted by Gasteiger charge is 2.10. The fraction of sp³-hybridized carbons (Fsp3) is 0.200. The van der Waals surface area contributed by atoms with Gasteiger partial charge in [-0.05, 0) is 19.1 Å². The van der Waals surface area contributed by atoms with Crippen molar-refractivity contribution in [3.63, 3.8) is 0 Å². The quantitative estimate of drug-likeness (QED) is 0.778. The SMILES string of the molecule is Cc1nn(C)cc1-c1ccc(C(=O)O)[nH]1. The summed E-state index contributed by atoms with van der Waals surface area (Å²) in [6, 6.07) is 3.29. The third kappa shape index (κ3) is 1.63. The highest BCUT2D eigenvalue weighted by Crippen LogP contribution is 2.21. The molecule has 2 aromatic rings. The summed E-state index contributed by atoms with van der Waals surface area (Å²) in [6.45, 7) is 1.89. The van der Waals surface area contributed by atoms with E-state index < -0.39 is 5.97 Å². The van der Waals surface area contributed by atoms with Crippen LogP contribution in [0.15, 0.2) is 18.3 Å². The summed E-state index contributed by atoms with van der Waals surface area (Å²) in [5.74, 6) is -0.956. The molecule has 0 saturated heterocycles. The molecular formula is C10H11N3O2. The summed E-state index contributed by atoms with van der Waals surface area (Å²) >= 11 is 0. The van der Waals surface area contributed by atoms with E-state index in [1.54, 1.807) is 16.8 Å². The van der Waals surface area contributed by atoms with Crippen molar-refractivity contribution in [1.82, 2.24) is 14.8 Å². The lowest BCUT2D eigenvalue weighted by molar-refractivity contribution is 0.0691. The molecule has 2 heterocycles. The molecule has 0 fully saturated rings. The largest absolute Gasteiger partial charge is 0.477 e. The number of nitrogens with zero attached hydrogens (tertiary/aromatic N) is 2. The van der Waals surface area contributed by atoms with Crippen molar-refractivity contribution >= 4 is 5.97 Å². The van der Waals surface area contributed by atoms with Crippen LogP contribution < -0.4 is 0 Å². The van der Waals surface area contributed by atoms with E-state index in [2.05, 4.69) is 10.1 Å². The number of carboxylic acids is 1. The van der Waals surface area contributed by atoms with Gasteiger partial charge in [0, 0.05) is 24.5 Å². The number of rotatable bonds is 2. The summed E-state index contributed by atoms with van der Waals surface area (Å²) in [6.07, 6.45) is 1.85. The van der Waals surface area contributed by atoms with Gasteiger partial charge in [0.2, 0.25) is 0 Å². The van der Waals surface area contributed by atoms with Crippen molar-refractivity contribution in [2.75, 3.05) is 0 Å². The van der Waals surface area contributed by atoms with E-state index in [0.717, 1.165) is 17.0 Å². The lowest BCUT2D eigenvalue weighted by Crippen LogP contribution is -1.95. The summed E-state index contributed by atoms with van der Waals surface area (Å²) in [5.41, 5.74) is 2.76. The van der Waals surface area contributed by atoms with E-state index in [0.29, 0.717) is 0 Å². The molecule has 0 aliphatic carbocycles. The molecule has 0 aromatic carbocycles. The Hall–Kier alpha value is -2.04. The molecular weight excluding hydrogens is 194 g/mol. The molecule has 0 unspecified atom stereocenters. The van der Waals surface area contributed by atoms with Gasteiger partial charge in [-0.15, -0.1) is 0 Å². The Labute approximate surface area is 86.4 Å². The maximum atomic E-state index is 10.7. The molecule has 5 nitrogen and oxygen atoms in total. The lowest BCUT2D eigenvalue weighted by atomic mass is 10.2. The maximum Gasteiger partial charge on any atom is 0.352 e. The van der Waals surface area contributed by atoms with Crippen LogP contribution in [0.25, 0.3) is 11.3 Å². The third-order valence-corrected chi connectivity index (χ3v) is 2.22. The van der Waals surface area contributed by atoms with Crippen LogP contribution in [-0.4, -0.2) is 25.8 Å². The zero-order valence-corrected chi connectivity index (χ0v) is 8.48. The number of aromatic amines is 1. The monoisotopic (exact) mass is 205 g/mol. The first-order valence-electron chi connectivity index (χ1n) is 4.51. The van der Waals surface area contributed by atoms with Crippen LogP contribution in [0.1, 0.15) is 16.2 Å².